The molecule has 6 nitrogen and oxygen atoms in total. The van der Waals surface area contributed by atoms with Crippen molar-refractivity contribution in [2.75, 3.05) is 5.73 Å². The van der Waals surface area contributed by atoms with Crippen molar-refractivity contribution in [3.8, 4) is 11.4 Å². The number of aromatic amines is 1. The highest BCUT2D eigenvalue weighted by molar-refractivity contribution is 6.02. The van der Waals surface area contributed by atoms with Crippen molar-refractivity contribution >= 4 is 33.5 Å². The van der Waals surface area contributed by atoms with Gasteiger partial charge in [0.15, 0.2) is 11.3 Å². The Labute approximate surface area is 130 Å². The number of aromatic nitrogens is 5. The number of nitrogens with two attached hydrogens (primary N) is 1. The summed E-state index contributed by atoms with van der Waals surface area (Å²) in [4.78, 5) is 9.46. The molecule has 0 aliphatic heterocycles. The van der Waals surface area contributed by atoms with E-state index in [0.29, 0.717) is 11.5 Å². The molecule has 3 heterocycles. The first kappa shape index (κ1) is 12.2. The van der Waals surface area contributed by atoms with Crippen LogP contribution in [0, 0.1) is 0 Å². The lowest BCUT2D eigenvalue weighted by Gasteiger charge is -2.06. The molecule has 110 valence electrons. The lowest BCUT2D eigenvalue weighted by Crippen LogP contribution is -1.98. The van der Waals surface area contributed by atoms with Crippen molar-refractivity contribution in [1.82, 2.24) is 24.6 Å². The molecular weight excluding hydrogens is 288 g/mol. The molecule has 0 unspecified atom stereocenters. The smallest absolute Gasteiger partial charge is 0.188 e. The van der Waals surface area contributed by atoms with Gasteiger partial charge in [0.05, 0.1) is 11.0 Å². The van der Waals surface area contributed by atoms with Crippen LogP contribution in [0.25, 0.3) is 39.1 Å². The lowest BCUT2D eigenvalue weighted by molar-refractivity contribution is 1.09. The first-order valence-electron chi connectivity index (χ1n) is 7.29. The number of anilines is 1. The summed E-state index contributed by atoms with van der Waals surface area (Å²) < 4.78 is 2.04. The third-order valence-electron chi connectivity index (χ3n) is 4.02. The van der Waals surface area contributed by atoms with Crippen LogP contribution in [0.15, 0.2) is 54.6 Å². The molecule has 0 fully saturated rings. The second kappa shape index (κ2) is 4.30. The van der Waals surface area contributed by atoms with Crippen LogP contribution >= 0.6 is 0 Å². The minimum absolute atomic E-state index is 0.479. The number of nitrogens with zero attached hydrogens (tertiary/aromatic N) is 4. The highest BCUT2D eigenvalue weighted by Gasteiger charge is 2.18. The van der Waals surface area contributed by atoms with E-state index in [4.69, 9.17) is 15.7 Å². The number of hydrogen-bond acceptors (Lipinski definition) is 4. The van der Waals surface area contributed by atoms with E-state index in [-0.39, 0.29) is 0 Å². The Bertz CT molecular complexity index is 1170. The Morgan fingerprint density at radius 3 is 2.57 bits per heavy atom. The Hall–Kier alpha value is -3.41. The molecule has 0 saturated heterocycles. The Balaban J connectivity index is 2.07. The van der Waals surface area contributed by atoms with Gasteiger partial charge in [0, 0.05) is 5.56 Å². The fourth-order valence-corrected chi connectivity index (χ4v) is 2.99. The highest BCUT2D eigenvalue weighted by atomic mass is 15.2. The van der Waals surface area contributed by atoms with Gasteiger partial charge in [0.25, 0.3) is 0 Å². The van der Waals surface area contributed by atoms with Gasteiger partial charge in [-0.05, 0) is 12.1 Å². The summed E-state index contributed by atoms with van der Waals surface area (Å²) >= 11 is 0. The van der Waals surface area contributed by atoms with Crippen molar-refractivity contribution in [2.24, 2.45) is 0 Å². The molecule has 0 bridgehead atoms. The Kier molecular flexibility index (Phi) is 2.27. The van der Waals surface area contributed by atoms with Gasteiger partial charge in [0.1, 0.15) is 17.0 Å². The van der Waals surface area contributed by atoms with E-state index in [0.717, 1.165) is 33.5 Å². The molecule has 5 aromatic rings. The summed E-state index contributed by atoms with van der Waals surface area (Å²) in [5.41, 5.74) is 10.3. The minimum atomic E-state index is 0.479. The van der Waals surface area contributed by atoms with E-state index in [1.54, 1.807) is 0 Å². The number of fused-ring (bicyclic) bond motifs is 5. The molecule has 0 aliphatic carbocycles. The molecular formula is C17H12N6. The predicted octanol–water partition coefficient (Wildman–Crippen LogP) is 3.01. The molecule has 0 amide bonds. The zero-order valence-electron chi connectivity index (χ0n) is 12.1. The van der Waals surface area contributed by atoms with E-state index >= 15 is 0 Å². The first-order valence-corrected chi connectivity index (χ1v) is 7.29. The maximum atomic E-state index is 6.04. The number of H-pyrrole nitrogens is 1. The molecule has 0 radical (unpaired) electrons. The largest absolute Gasteiger partial charge is 0.383 e. The Morgan fingerprint density at radius 1 is 0.913 bits per heavy atom. The average Bonchev–Trinajstić information content (AvgIpc) is 3.15. The molecule has 6 heteroatoms. The first-order chi connectivity index (χ1) is 11.3. The number of benzene rings is 2. The topological polar surface area (TPSA) is 84.9 Å². The highest BCUT2D eigenvalue weighted by Crippen LogP contribution is 2.30. The minimum Gasteiger partial charge on any atom is -0.383 e. The molecule has 3 aromatic heterocycles. The van der Waals surface area contributed by atoms with E-state index in [1.165, 1.54) is 0 Å². The van der Waals surface area contributed by atoms with Crippen molar-refractivity contribution in [1.29, 1.82) is 0 Å². The van der Waals surface area contributed by atoms with Gasteiger partial charge in [-0.3, -0.25) is 9.50 Å². The van der Waals surface area contributed by atoms with Crippen molar-refractivity contribution in [3.05, 3.63) is 54.6 Å². The summed E-state index contributed by atoms with van der Waals surface area (Å²) in [5.74, 6) is 1.28. The second-order valence-corrected chi connectivity index (χ2v) is 5.40. The number of imidazole rings is 1. The fourth-order valence-electron chi connectivity index (χ4n) is 2.99. The molecule has 0 atom stereocenters. The van der Waals surface area contributed by atoms with Gasteiger partial charge >= 0.3 is 0 Å². The van der Waals surface area contributed by atoms with Crippen LogP contribution in [0.5, 0.6) is 0 Å². The molecule has 0 spiro atoms. The number of rotatable bonds is 1. The summed E-state index contributed by atoms with van der Waals surface area (Å²) in [6.07, 6.45) is 0. The van der Waals surface area contributed by atoms with Crippen LogP contribution in [-0.2, 0) is 0 Å². The van der Waals surface area contributed by atoms with Gasteiger partial charge in [-0.2, -0.15) is 5.10 Å². The lowest BCUT2D eigenvalue weighted by atomic mass is 10.2. The van der Waals surface area contributed by atoms with Gasteiger partial charge in [-0.15, -0.1) is 0 Å². The van der Waals surface area contributed by atoms with E-state index in [1.807, 2.05) is 59.0 Å². The van der Waals surface area contributed by atoms with Crippen LogP contribution in [0.1, 0.15) is 0 Å². The van der Waals surface area contributed by atoms with Crippen LogP contribution in [0.4, 0.5) is 5.82 Å². The number of para-hydroxylation sites is 2. The second-order valence-electron chi connectivity index (χ2n) is 5.40. The quantitative estimate of drug-likeness (QED) is 0.498. The van der Waals surface area contributed by atoms with Crippen LogP contribution in [-0.4, -0.2) is 24.6 Å². The molecule has 2 aromatic carbocycles. The number of hydrogen-bond donors (Lipinski definition) is 2. The molecule has 0 saturated carbocycles. The molecule has 0 aliphatic rings. The fraction of sp³-hybridized carbons (Fsp3) is 0. The molecule has 3 N–H and O–H groups in total. The predicted molar refractivity (Wildman–Crippen MR) is 90.0 cm³/mol. The summed E-state index contributed by atoms with van der Waals surface area (Å²) in [6.45, 7) is 0. The maximum absolute atomic E-state index is 6.04. The third-order valence-corrected chi connectivity index (χ3v) is 4.02. The van der Waals surface area contributed by atoms with Gasteiger partial charge in [-0.1, -0.05) is 42.5 Å². The molecule has 5 rings (SSSR count). The normalized spacial score (nSPS) is 11.7. The Morgan fingerprint density at radius 2 is 1.70 bits per heavy atom. The van der Waals surface area contributed by atoms with E-state index < -0.39 is 0 Å². The van der Waals surface area contributed by atoms with Crippen LogP contribution < -0.4 is 5.73 Å². The maximum Gasteiger partial charge on any atom is 0.188 e. The SMILES string of the molecule is Nc1[nH]nc2nc(-c3ccccc3)n3c4ccccc4nc3c12. The van der Waals surface area contributed by atoms with Gasteiger partial charge < -0.3 is 5.73 Å². The zero-order valence-corrected chi connectivity index (χ0v) is 12.1. The van der Waals surface area contributed by atoms with Crippen LogP contribution in [0.3, 0.4) is 0 Å². The standard InChI is InChI=1S/C17H12N6/c18-14-13-15(22-21-14)20-16(10-6-2-1-3-7-10)23-12-9-5-4-8-11(12)19-17(13)23/h1-9H,(H3,18,21,22). The number of nitrogen functional groups attached to an aromatic ring is 1. The van der Waals surface area contributed by atoms with Crippen LogP contribution in [0.2, 0.25) is 0 Å². The van der Waals surface area contributed by atoms with Gasteiger partial charge in [-0.25, -0.2) is 9.97 Å². The van der Waals surface area contributed by atoms with Gasteiger partial charge in [0.2, 0.25) is 0 Å². The number of nitrogens with one attached hydrogen (secondary N) is 1. The van der Waals surface area contributed by atoms with E-state index in [9.17, 15) is 0 Å². The van der Waals surface area contributed by atoms with Crippen molar-refractivity contribution < 1.29 is 0 Å². The average molecular weight is 300 g/mol. The molecule has 23 heavy (non-hydrogen) atoms. The summed E-state index contributed by atoms with van der Waals surface area (Å²) in [7, 11) is 0. The van der Waals surface area contributed by atoms with Crippen molar-refractivity contribution in [3.63, 3.8) is 0 Å². The monoisotopic (exact) mass is 300 g/mol. The third kappa shape index (κ3) is 1.60. The summed E-state index contributed by atoms with van der Waals surface area (Å²) in [6, 6.07) is 18.0. The zero-order chi connectivity index (χ0) is 15.4. The summed E-state index contributed by atoms with van der Waals surface area (Å²) in [5, 5.41) is 7.76. The van der Waals surface area contributed by atoms with E-state index in [2.05, 4.69) is 10.2 Å². The van der Waals surface area contributed by atoms with Crippen molar-refractivity contribution in [2.45, 2.75) is 0 Å².